The first-order chi connectivity index (χ1) is 8.20. The van der Waals surface area contributed by atoms with Crippen LogP contribution in [0.4, 0.5) is 5.69 Å². The van der Waals surface area contributed by atoms with Crippen LogP contribution in [0.2, 0.25) is 5.02 Å². The number of morpholine rings is 1. The zero-order chi connectivity index (χ0) is 12.3. The van der Waals surface area contributed by atoms with Gasteiger partial charge in [-0.1, -0.05) is 23.7 Å². The molecule has 1 aromatic carbocycles. The zero-order valence-corrected chi connectivity index (χ0v) is 10.4. The first-order valence-electron chi connectivity index (χ1n) is 5.63. The van der Waals surface area contributed by atoms with Gasteiger partial charge < -0.3 is 4.74 Å². The lowest BCUT2D eigenvalue weighted by atomic mass is 10.1. The Hall–Kier alpha value is -1.08. The molecule has 1 heterocycles. The van der Waals surface area contributed by atoms with Crippen LogP contribution in [-0.2, 0) is 4.74 Å². The van der Waals surface area contributed by atoms with E-state index in [4.69, 9.17) is 16.3 Å². The van der Waals surface area contributed by atoms with E-state index in [1.807, 2.05) is 24.3 Å². The minimum atomic E-state index is -0.362. The maximum atomic E-state index is 9.19. The molecular weight excluding hydrogens is 236 g/mol. The van der Waals surface area contributed by atoms with E-state index in [1.54, 1.807) is 0 Å². The molecule has 89 valence electrons. The Kier molecular flexibility index (Phi) is 3.68. The first kappa shape index (κ1) is 12.4. The van der Waals surface area contributed by atoms with Gasteiger partial charge in [0.25, 0.3) is 0 Å². The summed E-state index contributed by atoms with van der Waals surface area (Å²) in [5.74, 6) is 0. The third-order valence-corrected chi connectivity index (χ3v) is 3.67. The molecule has 3 nitrogen and oxygen atoms in total. The summed E-state index contributed by atoms with van der Waals surface area (Å²) in [5, 5.41) is 9.89. The molecule has 0 aromatic heterocycles. The predicted molar refractivity (Wildman–Crippen MR) is 68.6 cm³/mol. The maximum Gasteiger partial charge on any atom is 0.181 e. The van der Waals surface area contributed by atoms with Crippen molar-refractivity contribution < 1.29 is 4.74 Å². The highest BCUT2D eigenvalue weighted by Gasteiger charge is 2.40. The number of para-hydroxylation sites is 1. The molecule has 0 amide bonds. The van der Waals surface area contributed by atoms with Crippen molar-refractivity contribution in [3.8, 4) is 6.07 Å². The van der Waals surface area contributed by atoms with Gasteiger partial charge in [0.2, 0.25) is 0 Å². The van der Waals surface area contributed by atoms with Crippen molar-refractivity contribution in [2.75, 3.05) is 26.3 Å². The van der Waals surface area contributed by atoms with Gasteiger partial charge >= 0.3 is 0 Å². The SMILES string of the molecule is [CH2]C(C#N)[N+]1(c2ccccc2Cl)CCOCC1. The van der Waals surface area contributed by atoms with Crippen LogP contribution >= 0.6 is 11.6 Å². The molecule has 1 aliphatic heterocycles. The van der Waals surface area contributed by atoms with E-state index in [-0.39, 0.29) is 6.04 Å². The number of quaternary nitrogens is 1. The Labute approximate surface area is 107 Å². The van der Waals surface area contributed by atoms with Crippen molar-refractivity contribution in [1.29, 1.82) is 5.26 Å². The van der Waals surface area contributed by atoms with Gasteiger partial charge in [0.1, 0.15) is 24.2 Å². The van der Waals surface area contributed by atoms with Crippen molar-refractivity contribution in [2.45, 2.75) is 6.04 Å². The normalized spacial score (nSPS) is 20.5. The summed E-state index contributed by atoms with van der Waals surface area (Å²) in [5.41, 5.74) is 0.971. The van der Waals surface area contributed by atoms with Gasteiger partial charge in [-0.25, -0.2) is 0 Å². The number of halogens is 1. The fraction of sp³-hybridized carbons (Fsp3) is 0.385. The average molecular weight is 251 g/mol. The van der Waals surface area contributed by atoms with Gasteiger partial charge in [-0.05, 0) is 6.07 Å². The second-order valence-electron chi connectivity index (χ2n) is 4.19. The molecule has 1 fully saturated rings. The summed E-state index contributed by atoms with van der Waals surface area (Å²) >= 11 is 6.25. The number of ether oxygens (including phenoxy) is 1. The highest BCUT2D eigenvalue weighted by molar-refractivity contribution is 6.33. The Morgan fingerprint density at radius 2 is 2.00 bits per heavy atom. The van der Waals surface area contributed by atoms with Crippen LogP contribution in [0, 0.1) is 18.3 Å². The number of hydrogen-bond acceptors (Lipinski definition) is 2. The topological polar surface area (TPSA) is 33.0 Å². The molecule has 0 N–H and O–H groups in total. The summed E-state index contributed by atoms with van der Waals surface area (Å²) in [4.78, 5) is 0. The van der Waals surface area contributed by atoms with Crippen molar-refractivity contribution in [1.82, 2.24) is 4.48 Å². The molecule has 0 saturated carbocycles. The summed E-state index contributed by atoms with van der Waals surface area (Å²) < 4.78 is 5.88. The smallest absolute Gasteiger partial charge is 0.181 e. The number of benzene rings is 1. The molecule has 1 atom stereocenters. The Morgan fingerprint density at radius 1 is 1.35 bits per heavy atom. The third-order valence-electron chi connectivity index (χ3n) is 3.35. The van der Waals surface area contributed by atoms with Gasteiger partial charge in [-0.2, -0.15) is 5.26 Å². The van der Waals surface area contributed by atoms with E-state index in [9.17, 15) is 5.26 Å². The van der Waals surface area contributed by atoms with Gasteiger partial charge in [-0.3, -0.25) is 4.48 Å². The minimum absolute atomic E-state index is 0.362. The van der Waals surface area contributed by atoms with Gasteiger partial charge in [0.05, 0.1) is 13.2 Å². The summed E-state index contributed by atoms with van der Waals surface area (Å²) in [6, 6.07) is 9.56. The van der Waals surface area contributed by atoms with Gasteiger partial charge in [-0.15, -0.1) is 0 Å². The lowest BCUT2D eigenvalue weighted by Crippen LogP contribution is -2.61. The average Bonchev–Trinajstić information content (AvgIpc) is 2.39. The van der Waals surface area contributed by atoms with Crippen LogP contribution in [0.15, 0.2) is 24.3 Å². The molecule has 1 unspecified atom stereocenters. The maximum absolute atomic E-state index is 9.19. The van der Waals surface area contributed by atoms with E-state index in [1.165, 1.54) is 0 Å². The van der Waals surface area contributed by atoms with Crippen LogP contribution in [0.5, 0.6) is 0 Å². The third kappa shape index (κ3) is 2.16. The molecule has 0 aliphatic carbocycles. The van der Waals surface area contributed by atoms with Gasteiger partial charge in [0.15, 0.2) is 11.7 Å². The highest BCUT2D eigenvalue weighted by atomic mass is 35.5. The number of nitrogens with zero attached hydrogens (tertiary/aromatic N) is 2. The van der Waals surface area contributed by atoms with E-state index < -0.39 is 0 Å². The number of nitriles is 1. The molecule has 1 radical (unpaired) electrons. The molecule has 17 heavy (non-hydrogen) atoms. The lowest BCUT2D eigenvalue weighted by molar-refractivity contribution is 0.0367. The van der Waals surface area contributed by atoms with E-state index in [2.05, 4.69) is 13.0 Å². The van der Waals surface area contributed by atoms with E-state index in [0.29, 0.717) is 22.7 Å². The summed E-state index contributed by atoms with van der Waals surface area (Å²) in [6.45, 7) is 6.73. The van der Waals surface area contributed by atoms with E-state index >= 15 is 0 Å². The molecule has 4 heteroatoms. The molecule has 1 aromatic rings. The van der Waals surface area contributed by atoms with Crippen LogP contribution in [-0.4, -0.2) is 32.3 Å². The van der Waals surface area contributed by atoms with Crippen LogP contribution < -0.4 is 4.48 Å². The highest BCUT2D eigenvalue weighted by Crippen LogP contribution is 2.34. The fourth-order valence-electron chi connectivity index (χ4n) is 2.31. The Bertz CT molecular complexity index is 435. The predicted octanol–water partition coefficient (Wildman–Crippen LogP) is 2.40. The second-order valence-corrected chi connectivity index (χ2v) is 4.60. The molecule has 1 aliphatic rings. The molecule has 1 saturated heterocycles. The quantitative estimate of drug-likeness (QED) is 0.756. The molecule has 0 bridgehead atoms. The van der Waals surface area contributed by atoms with Crippen molar-refractivity contribution >= 4 is 17.3 Å². The molecule has 2 rings (SSSR count). The van der Waals surface area contributed by atoms with Crippen LogP contribution in [0.3, 0.4) is 0 Å². The lowest BCUT2D eigenvalue weighted by Gasteiger charge is -2.42. The standard InChI is InChI=1S/C13H15ClN2O/c1-11(10-15)16(6-8-17-9-7-16)13-5-3-2-4-12(13)14/h2-5,11H,1,6-9H2/q+1. The second kappa shape index (κ2) is 5.05. The monoisotopic (exact) mass is 250 g/mol. The van der Waals surface area contributed by atoms with Crippen LogP contribution in [0.1, 0.15) is 0 Å². The number of rotatable bonds is 2. The zero-order valence-electron chi connectivity index (χ0n) is 9.60. The minimum Gasteiger partial charge on any atom is -0.370 e. The summed E-state index contributed by atoms with van der Waals surface area (Å²) in [6.07, 6.45) is 0. The van der Waals surface area contributed by atoms with Gasteiger partial charge in [0, 0.05) is 13.0 Å². The molecule has 0 spiro atoms. The summed E-state index contributed by atoms with van der Waals surface area (Å²) in [7, 11) is 0. The van der Waals surface area contributed by atoms with Crippen molar-refractivity contribution in [3.05, 3.63) is 36.2 Å². The van der Waals surface area contributed by atoms with E-state index in [0.717, 1.165) is 18.8 Å². The largest absolute Gasteiger partial charge is 0.370 e. The Morgan fingerprint density at radius 3 is 2.59 bits per heavy atom. The number of hydrogen-bond donors (Lipinski definition) is 0. The van der Waals surface area contributed by atoms with Crippen LogP contribution in [0.25, 0.3) is 0 Å². The molecular formula is C13H15ClN2O+. The first-order valence-corrected chi connectivity index (χ1v) is 6.01. The fourth-order valence-corrected chi connectivity index (χ4v) is 2.62. The Balaban J connectivity index is 2.47. The van der Waals surface area contributed by atoms with Crippen molar-refractivity contribution in [3.63, 3.8) is 0 Å². The van der Waals surface area contributed by atoms with Crippen molar-refractivity contribution in [2.24, 2.45) is 0 Å².